The van der Waals surface area contributed by atoms with Gasteiger partial charge in [0.05, 0.1) is 0 Å². The number of nitrogens with one attached hydrogen (secondary N) is 1. The fraction of sp³-hybridized carbons (Fsp3) is 0.846. The third-order valence-electron chi connectivity index (χ3n) is 4.17. The molecule has 0 amide bonds. The van der Waals surface area contributed by atoms with Gasteiger partial charge in [-0.2, -0.15) is 4.98 Å². The first-order valence-corrected chi connectivity index (χ1v) is 7.28. The van der Waals surface area contributed by atoms with E-state index in [1.165, 1.54) is 12.8 Å². The second-order valence-corrected chi connectivity index (χ2v) is 5.68. The van der Waals surface area contributed by atoms with Gasteiger partial charge in [0.25, 0.3) is 5.95 Å². The number of likely N-dealkylation sites (N-methyl/N-ethyl adjacent to an activating group) is 1. The van der Waals surface area contributed by atoms with Crippen molar-refractivity contribution in [3.8, 4) is 0 Å². The van der Waals surface area contributed by atoms with Crippen molar-refractivity contribution in [1.29, 1.82) is 0 Å². The Morgan fingerprint density at radius 3 is 2.68 bits per heavy atom. The summed E-state index contributed by atoms with van der Waals surface area (Å²) in [5, 5.41) is 7.52. The van der Waals surface area contributed by atoms with Crippen molar-refractivity contribution in [3.05, 3.63) is 5.89 Å². The van der Waals surface area contributed by atoms with Crippen LogP contribution in [0.1, 0.15) is 18.7 Å². The molecule has 0 atom stereocenters. The van der Waals surface area contributed by atoms with Gasteiger partial charge in [0.2, 0.25) is 5.89 Å². The van der Waals surface area contributed by atoms with Crippen LogP contribution >= 0.6 is 0 Å². The van der Waals surface area contributed by atoms with Crippen LogP contribution in [0.5, 0.6) is 0 Å². The lowest BCUT2D eigenvalue weighted by Gasteiger charge is -2.31. The summed E-state index contributed by atoms with van der Waals surface area (Å²) in [6.07, 6.45) is 3.36. The van der Waals surface area contributed by atoms with E-state index in [2.05, 4.69) is 32.3 Å². The fourth-order valence-corrected chi connectivity index (χ4v) is 2.80. The average molecular weight is 265 g/mol. The normalized spacial score (nSPS) is 22.9. The van der Waals surface area contributed by atoms with Crippen LogP contribution in [-0.2, 0) is 6.42 Å². The molecule has 0 unspecified atom stereocenters. The van der Waals surface area contributed by atoms with Crippen molar-refractivity contribution in [2.45, 2.75) is 19.3 Å². The zero-order chi connectivity index (χ0) is 13.1. The molecule has 2 aliphatic heterocycles. The Bertz CT molecular complexity index is 393. The predicted molar refractivity (Wildman–Crippen MR) is 73.3 cm³/mol. The lowest BCUT2D eigenvalue weighted by atomic mass is 9.95. The summed E-state index contributed by atoms with van der Waals surface area (Å²) < 4.78 is 5.41. The van der Waals surface area contributed by atoms with Crippen LogP contribution in [0.25, 0.3) is 0 Å². The molecule has 106 valence electrons. The average Bonchev–Trinajstić information content (AvgIpc) is 2.89. The Balaban J connectivity index is 1.56. The van der Waals surface area contributed by atoms with Crippen molar-refractivity contribution in [2.75, 3.05) is 51.2 Å². The van der Waals surface area contributed by atoms with E-state index in [-0.39, 0.29) is 0 Å². The molecular weight excluding hydrogens is 242 g/mol. The first-order valence-electron chi connectivity index (χ1n) is 7.28. The van der Waals surface area contributed by atoms with Crippen molar-refractivity contribution in [2.24, 2.45) is 5.92 Å². The van der Waals surface area contributed by atoms with Crippen LogP contribution in [-0.4, -0.2) is 61.4 Å². The topological polar surface area (TPSA) is 57.4 Å². The molecule has 0 bridgehead atoms. The number of nitrogens with zero attached hydrogens (tertiary/aromatic N) is 4. The van der Waals surface area contributed by atoms with E-state index in [1.54, 1.807) is 0 Å². The van der Waals surface area contributed by atoms with E-state index in [9.17, 15) is 0 Å². The highest BCUT2D eigenvalue weighted by molar-refractivity contribution is 5.28. The standard InChI is InChI=1S/C13H23N5O/c1-17-6-8-18(9-7-17)13-15-12(19-16-13)10-11-2-4-14-5-3-11/h11,14H,2-10H2,1H3. The molecule has 0 spiro atoms. The zero-order valence-electron chi connectivity index (χ0n) is 11.6. The van der Waals surface area contributed by atoms with Crippen LogP contribution in [0, 0.1) is 5.92 Å². The first-order chi connectivity index (χ1) is 9.31. The summed E-state index contributed by atoms with van der Waals surface area (Å²) >= 11 is 0. The maximum absolute atomic E-state index is 5.41. The molecule has 1 aromatic rings. The Morgan fingerprint density at radius 1 is 1.21 bits per heavy atom. The third-order valence-corrected chi connectivity index (χ3v) is 4.17. The zero-order valence-corrected chi connectivity index (χ0v) is 11.6. The Morgan fingerprint density at radius 2 is 1.95 bits per heavy atom. The fourth-order valence-electron chi connectivity index (χ4n) is 2.80. The lowest BCUT2D eigenvalue weighted by molar-refractivity contribution is 0.304. The molecule has 2 saturated heterocycles. The summed E-state index contributed by atoms with van der Waals surface area (Å²) in [5.74, 6) is 2.28. The highest BCUT2D eigenvalue weighted by Crippen LogP contribution is 2.19. The number of piperidine rings is 1. The van der Waals surface area contributed by atoms with Crippen LogP contribution < -0.4 is 10.2 Å². The third kappa shape index (κ3) is 3.25. The van der Waals surface area contributed by atoms with E-state index in [1.807, 2.05) is 0 Å². The van der Waals surface area contributed by atoms with Gasteiger partial charge in [-0.05, 0) is 44.1 Å². The molecular formula is C13H23N5O. The molecule has 0 radical (unpaired) electrons. The summed E-state index contributed by atoms with van der Waals surface area (Å²) in [4.78, 5) is 9.11. The summed E-state index contributed by atoms with van der Waals surface area (Å²) in [6, 6.07) is 0. The molecule has 6 heteroatoms. The van der Waals surface area contributed by atoms with E-state index in [4.69, 9.17) is 4.52 Å². The highest BCUT2D eigenvalue weighted by atomic mass is 16.5. The first kappa shape index (κ1) is 12.9. The SMILES string of the molecule is CN1CCN(c2noc(CC3CCNCC3)n2)CC1. The van der Waals surface area contributed by atoms with Gasteiger partial charge in [-0.1, -0.05) is 0 Å². The number of piperazine rings is 1. The molecule has 2 aliphatic rings. The molecule has 0 aromatic carbocycles. The van der Waals surface area contributed by atoms with Gasteiger partial charge in [-0.25, -0.2) is 0 Å². The molecule has 0 aliphatic carbocycles. The highest BCUT2D eigenvalue weighted by Gasteiger charge is 2.21. The van der Waals surface area contributed by atoms with Gasteiger partial charge >= 0.3 is 0 Å². The minimum Gasteiger partial charge on any atom is -0.337 e. The van der Waals surface area contributed by atoms with Crippen LogP contribution in [0.15, 0.2) is 4.52 Å². The quantitative estimate of drug-likeness (QED) is 0.852. The van der Waals surface area contributed by atoms with Crippen LogP contribution in [0.2, 0.25) is 0 Å². The summed E-state index contributed by atoms with van der Waals surface area (Å²) in [6.45, 7) is 6.34. The van der Waals surface area contributed by atoms with Gasteiger partial charge in [-0.15, -0.1) is 0 Å². The Labute approximate surface area is 114 Å². The molecule has 19 heavy (non-hydrogen) atoms. The number of anilines is 1. The maximum atomic E-state index is 5.41. The molecule has 3 heterocycles. The van der Waals surface area contributed by atoms with E-state index in [0.29, 0.717) is 5.92 Å². The molecule has 1 aromatic heterocycles. The molecule has 6 nitrogen and oxygen atoms in total. The van der Waals surface area contributed by atoms with Crippen molar-refractivity contribution >= 4 is 5.95 Å². The number of hydrogen-bond donors (Lipinski definition) is 1. The van der Waals surface area contributed by atoms with Gasteiger partial charge in [0.1, 0.15) is 0 Å². The van der Waals surface area contributed by atoms with Gasteiger partial charge in [0.15, 0.2) is 0 Å². The molecule has 3 rings (SSSR count). The van der Waals surface area contributed by atoms with E-state index in [0.717, 1.165) is 57.5 Å². The second kappa shape index (κ2) is 5.88. The minimum absolute atomic E-state index is 0.696. The number of hydrogen-bond acceptors (Lipinski definition) is 6. The monoisotopic (exact) mass is 265 g/mol. The van der Waals surface area contributed by atoms with Gasteiger partial charge in [0, 0.05) is 32.6 Å². The van der Waals surface area contributed by atoms with Crippen molar-refractivity contribution < 1.29 is 4.52 Å². The number of rotatable bonds is 3. The molecule has 1 N–H and O–H groups in total. The lowest BCUT2D eigenvalue weighted by Crippen LogP contribution is -2.44. The van der Waals surface area contributed by atoms with Crippen molar-refractivity contribution in [1.82, 2.24) is 20.4 Å². The largest absolute Gasteiger partial charge is 0.337 e. The Kier molecular flexibility index (Phi) is 3.98. The Hall–Kier alpha value is -1.14. The van der Waals surface area contributed by atoms with E-state index < -0.39 is 0 Å². The summed E-state index contributed by atoms with van der Waals surface area (Å²) in [7, 11) is 2.15. The minimum atomic E-state index is 0.696. The second-order valence-electron chi connectivity index (χ2n) is 5.68. The van der Waals surface area contributed by atoms with Gasteiger partial charge in [-0.3, -0.25) is 0 Å². The summed E-state index contributed by atoms with van der Waals surface area (Å²) in [5.41, 5.74) is 0. The maximum Gasteiger partial charge on any atom is 0.266 e. The van der Waals surface area contributed by atoms with Crippen LogP contribution in [0.3, 0.4) is 0 Å². The van der Waals surface area contributed by atoms with E-state index >= 15 is 0 Å². The van der Waals surface area contributed by atoms with Gasteiger partial charge < -0.3 is 19.6 Å². The molecule has 2 fully saturated rings. The number of aromatic nitrogens is 2. The van der Waals surface area contributed by atoms with Crippen LogP contribution in [0.4, 0.5) is 5.95 Å². The predicted octanol–water partition coefficient (Wildman–Crippen LogP) is 0.364. The molecule has 0 saturated carbocycles. The van der Waals surface area contributed by atoms with Crippen molar-refractivity contribution in [3.63, 3.8) is 0 Å². The smallest absolute Gasteiger partial charge is 0.266 e.